The number of hydrogen-bond donors (Lipinski definition) is 0. The van der Waals surface area contributed by atoms with Gasteiger partial charge >= 0.3 is 0 Å². The van der Waals surface area contributed by atoms with Crippen molar-refractivity contribution in [3.05, 3.63) is 76.8 Å². The van der Waals surface area contributed by atoms with Crippen molar-refractivity contribution >= 4 is 17.5 Å². The van der Waals surface area contributed by atoms with Gasteiger partial charge in [0.2, 0.25) is 5.91 Å². The van der Waals surface area contributed by atoms with Crippen LogP contribution in [0.15, 0.2) is 59.1 Å². The predicted molar refractivity (Wildman–Crippen MR) is 103 cm³/mol. The molecular weight excluding hydrogens is 362 g/mol. The molecule has 0 unspecified atom stereocenters. The first-order valence-electron chi connectivity index (χ1n) is 8.49. The van der Waals surface area contributed by atoms with E-state index < -0.39 is 0 Å². The van der Waals surface area contributed by atoms with Crippen LogP contribution in [0.3, 0.4) is 0 Å². The minimum atomic E-state index is -0.0187. The van der Waals surface area contributed by atoms with Crippen LogP contribution in [-0.4, -0.2) is 22.8 Å². The lowest BCUT2D eigenvalue weighted by atomic mass is 10.1. The van der Waals surface area contributed by atoms with Crippen LogP contribution in [0.2, 0.25) is 5.02 Å². The highest BCUT2D eigenvalue weighted by Crippen LogP contribution is 2.28. The van der Waals surface area contributed by atoms with E-state index in [1.165, 1.54) is 0 Å². The molecule has 0 aliphatic carbocycles. The summed E-state index contributed by atoms with van der Waals surface area (Å²) >= 11 is 6.17. The van der Waals surface area contributed by atoms with Gasteiger partial charge < -0.3 is 9.32 Å². The number of carbonyl (C=O) groups is 1. The van der Waals surface area contributed by atoms with Gasteiger partial charge in [-0.15, -0.1) is 0 Å². The molecule has 0 atom stereocenters. The molecule has 0 saturated heterocycles. The Balaban J connectivity index is 1.57. The number of amides is 1. The maximum atomic E-state index is 12.4. The molecule has 0 radical (unpaired) electrons. The van der Waals surface area contributed by atoms with E-state index >= 15 is 0 Å². The second-order valence-electron chi connectivity index (χ2n) is 6.16. The number of aromatic nitrogens is 1. The number of aryl methyl sites for hydroxylation is 1. The largest absolute Gasteiger partial charge is 0.441 e. The van der Waals surface area contributed by atoms with E-state index in [0.29, 0.717) is 35.2 Å². The van der Waals surface area contributed by atoms with Crippen molar-refractivity contribution in [2.45, 2.75) is 19.4 Å². The first kappa shape index (κ1) is 18.7. The highest BCUT2D eigenvalue weighted by Gasteiger charge is 2.13. The fraction of sp³-hybridized carbons (Fsp3) is 0.190. The van der Waals surface area contributed by atoms with E-state index in [4.69, 9.17) is 21.3 Å². The Bertz CT molecular complexity index is 991. The van der Waals surface area contributed by atoms with Crippen LogP contribution < -0.4 is 0 Å². The van der Waals surface area contributed by atoms with E-state index in [0.717, 1.165) is 11.1 Å². The molecule has 0 aliphatic heterocycles. The average molecular weight is 380 g/mol. The smallest absolute Gasteiger partial charge is 0.223 e. The number of rotatable bonds is 6. The summed E-state index contributed by atoms with van der Waals surface area (Å²) in [5.41, 5.74) is 2.28. The maximum Gasteiger partial charge on any atom is 0.223 e. The number of benzene rings is 2. The summed E-state index contributed by atoms with van der Waals surface area (Å²) in [7, 11) is 1.74. The van der Waals surface area contributed by atoms with Gasteiger partial charge in [-0.25, -0.2) is 4.98 Å². The van der Waals surface area contributed by atoms with Crippen LogP contribution >= 0.6 is 11.6 Å². The Morgan fingerprint density at radius 2 is 2.07 bits per heavy atom. The number of nitriles is 1. The Hall–Kier alpha value is -3.10. The number of nitrogens with zero attached hydrogens (tertiary/aromatic N) is 3. The van der Waals surface area contributed by atoms with Gasteiger partial charge in [0.1, 0.15) is 0 Å². The average Bonchev–Trinajstić information content (AvgIpc) is 3.15. The zero-order chi connectivity index (χ0) is 19.2. The normalized spacial score (nSPS) is 10.4. The first-order chi connectivity index (χ1) is 13.1. The first-order valence-corrected chi connectivity index (χ1v) is 8.87. The van der Waals surface area contributed by atoms with Gasteiger partial charge in [-0.3, -0.25) is 4.79 Å². The second-order valence-corrected chi connectivity index (χ2v) is 6.57. The van der Waals surface area contributed by atoms with Crippen molar-refractivity contribution in [3.63, 3.8) is 0 Å². The number of halogens is 1. The third-order valence-electron chi connectivity index (χ3n) is 4.15. The van der Waals surface area contributed by atoms with Crippen molar-refractivity contribution in [2.24, 2.45) is 0 Å². The van der Waals surface area contributed by atoms with Gasteiger partial charge in [0.15, 0.2) is 11.7 Å². The van der Waals surface area contributed by atoms with Gasteiger partial charge in [0.25, 0.3) is 0 Å². The SMILES string of the molecule is CN(Cc1cccc(C#N)c1)C(=O)CCc1ncc(-c2ccccc2Cl)o1. The highest BCUT2D eigenvalue weighted by atomic mass is 35.5. The zero-order valence-corrected chi connectivity index (χ0v) is 15.6. The van der Waals surface area contributed by atoms with Gasteiger partial charge in [0.05, 0.1) is 22.9 Å². The fourth-order valence-corrected chi connectivity index (χ4v) is 2.95. The van der Waals surface area contributed by atoms with E-state index in [2.05, 4.69) is 11.1 Å². The van der Waals surface area contributed by atoms with E-state index in [-0.39, 0.29) is 12.3 Å². The van der Waals surface area contributed by atoms with Crippen LogP contribution in [0.25, 0.3) is 11.3 Å². The lowest BCUT2D eigenvalue weighted by molar-refractivity contribution is -0.130. The lowest BCUT2D eigenvalue weighted by Crippen LogP contribution is -2.26. The van der Waals surface area contributed by atoms with Crippen LogP contribution in [0.4, 0.5) is 0 Å². The summed E-state index contributed by atoms with van der Waals surface area (Å²) in [5.74, 6) is 1.07. The molecule has 0 fully saturated rings. The molecule has 0 aliphatic rings. The van der Waals surface area contributed by atoms with E-state index in [1.54, 1.807) is 36.3 Å². The molecule has 2 aromatic carbocycles. The van der Waals surface area contributed by atoms with Crippen molar-refractivity contribution in [1.29, 1.82) is 5.26 Å². The Kier molecular flexibility index (Phi) is 5.90. The fourth-order valence-electron chi connectivity index (χ4n) is 2.72. The molecule has 0 spiro atoms. The lowest BCUT2D eigenvalue weighted by Gasteiger charge is -2.17. The molecule has 27 heavy (non-hydrogen) atoms. The summed E-state index contributed by atoms with van der Waals surface area (Å²) in [6, 6.07) is 16.7. The number of carbonyl (C=O) groups excluding carboxylic acids is 1. The summed E-state index contributed by atoms with van der Waals surface area (Å²) in [6.07, 6.45) is 2.32. The van der Waals surface area contributed by atoms with Crippen molar-refractivity contribution in [1.82, 2.24) is 9.88 Å². The molecule has 5 nitrogen and oxygen atoms in total. The molecule has 3 aromatic rings. The zero-order valence-electron chi connectivity index (χ0n) is 14.9. The molecule has 3 rings (SSSR count). The van der Waals surface area contributed by atoms with Gasteiger partial charge in [0, 0.05) is 32.0 Å². The second kappa shape index (κ2) is 8.52. The standard InChI is InChI=1S/C21H18ClN3O2/c1-25(14-16-6-4-5-15(11-16)12-23)21(26)10-9-20-24-13-19(27-20)17-7-2-3-8-18(17)22/h2-8,11,13H,9-10,14H2,1H3. The van der Waals surface area contributed by atoms with Gasteiger partial charge in [-0.2, -0.15) is 5.26 Å². The van der Waals surface area contributed by atoms with E-state index in [9.17, 15) is 4.79 Å². The molecule has 1 amide bonds. The molecule has 0 N–H and O–H groups in total. The van der Waals surface area contributed by atoms with Crippen LogP contribution in [0, 0.1) is 11.3 Å². The molecule has 0 saturated carbocycles. The van der Waals surface area contributed by atoms with Crippen LogP contribution in [0.1, 0.15) is 23.4 Å². The summed E-state index contributed by atoms with van der Waals surface area (Å²) in [4.78, 5) is 18.2. The Morgan fingerprint density at radius 3 is 2.85 bits per heavy atom. The third kappa shape index (κ3) is 4.75. The monoisotopic (exact) mass is 379 g/mol. The van der Waals surface area contributed by atoms with E-state index in [1.807, 2.05) is 30.3 Å². The minimum absolute atomic E-state index is 0.0187. The minimum Gasteiger partial charge on any atom is -0.441 e. The third-order valence-corrected chi connectivity index (χ3v) is 4.48. The maximum absolute atomic E-state index is 12.4. The van der Waals surface area contributed by atoms with Crippen LogP contribution in [-0.2, 0) is 17.8 Å². The summed E-state index contributed by atoms with van der Waals surface area (Å²) in [6.45, 7) is 0.449. The van der Waals surface area contributed by atoms with Crippen molar-refractivity contribution in [3.8, 4) is 17.4 Å². The molecule has 1 heterocycles. The Labute approximate surface area is 162 Å². The molecular formula is C21H18ClN3O2. The number of oxazole rings is 1. The predicted octanol–water partition coefficient (Wildman–Crippen LogP) is 4.46. The molecule has 136 valence electrons. The quantitative estimate of drug-likeness (QED) is 0.634. The molecule has 0 bridgehead atoms. The Morgan fingerprint density at radius 1 is 1.26 bits per heavy atom. The van der Waals surface area contributed by atoms with Crippen molar-refractivity contribution < 1.29 is 9.21 Å². The topological polar surface area (TPSA) is 70.1 Å². The van der Waals surface area contributed by atoms with Gasteiger partial charge in [-0.1, -0.05) is 35.9 Å². The summed E-state index contributed by atoms with van der Waals surface area (Å²) in [5, 5.41) is 9.55. The molecule has 1 aromatic heterocycles. The molecule has 6 heteroatoms. The number of hydrogen-bond acceptors (Lipinski definition) is 4. The highest BCUT2D eigenvalue weighted by molar-refractivity contribution is 6.33. The van der Waals surface area contributed by atoms with Gasteiger partial charge in [-0.05, 0) is 29.8 Å². The van der Waals surface area contributed by atoms with Crippen molar-refractivity contribution in [2.75, 3.05) is 7.05 Å². The van der Waals surface area contributed by atoms with Crippen LogP contribution in [0.5, 0.6) is 0 Å². The summed E-state index contributed by atoms with van der Waals surface area (Å²) < 4.78 is 5.73.